The fourth-order valence-electron chi connectivity index (χ4n) is 1.98. The van der Waals surface area contributed by atoms with Crippen molar-refractivity contribution in [2.75, 3.05) is 0 Å². The third-order valence-electron chi connectivity index (χ3n) is 2.90. The van der Waals surface area contributed by atoms with E-state index in [1.54, 1.807) is 0 Å². The van der Waals surface area contributed by atoms with E-state index in [-0.39, 0.29) is 0 Å². The van der Waals surface area contributed by atoms with Crippen molar-refractivity contribution < 1.29 is 0 Å². The van der Waals surface area contributed by atoms with E-state index in [1.807, 2.05) is 12.1 Å². The Morgan fingerprint density at radius 1 is 1.22 bits per heavy atom. The monoisotopic (exact) mass is 412 g/mol. The maximum atomic E-state index is 4.70. The number of rotatable bonds is 1. The Morgan fingerprint density at radius 2 is 2.06 bits per heavy atom. The number of benzene rings is 2. The number of aromatic amines is 1. The van der Waals surface area contributed by atoms with Crippen LogP contribution in [0.2, 0.25) is 0 Å². The molecule has 1 heterocycles. The SMILES string of the molecule is Cc1cccc2[nH]c(-c3cc(Br)ccc3I)nc12. The zero-order valence-electron chi connectivity index (χ0n) is 9.67. The number of halogens is 2. The van der Waals surface area contributed by atoms with E-state index in [1.165, 1.54) is 9.13 Å². The Kier molecular flexibility index (Phi) is 3.15. The summed E-state index contributed by atoms with van der Waals surface area (Å²) in [5.74, 6) is 0.921. The second-order valence-corrected chi connectivity index (χ2v) is 6.26. The number of para-hydroxylation sites is 1. The predicted octanol–water partition coefficient (Wildman–Crippen LogP) is 4.91. The first-order valence-electron chi connectivity index (χ1n) is 5.56. The van der Waals surface area contributed by atoms with Gasteiger partial charge in [0.2, 0.25) is 0 Å². The number of aryl methyl sites for hydroxylation is 1. The van der Waals surface area contributed by atoms with Crippen LogP contribution in [0.5, 0.6) is 0 Å². The van der Waals surface area contributed by atoms with Crippen molar-refractivity contribution in [2.45, 2.75) is 6.92 Å². The number of fused-ring (bicyclic) bond motifs is 1. The maximum absolute atomic E-state index is 4.70. The molecular weight excluding hydrogens is 403 g/mol. The summed E-state index contributed by atoms with van der Waals surface area (Å²) in [6.07, 6.45) is 0. The highest BCUT2D eigenvalue weighted by Gasteiger charge is 2.10. The lowest BCUT2D eigenvalue weighted by Crippen LogP contribution is -1.85. The van der Waals surface area contributed by atoms with E-state index in [9.17, 15) is 0 Å². The first-order chi connectivity index (χ1) is 8.65. The molecule has 1 N–H and O–H groups in total. The van der Waals surface area contributed by atoms with Gasteiger partial charge in [-0.2, -0.15) is 0 Å². The smallest absolute Gasteiger partial charge is 0.139 e. The van der Waals surface area contributed by atoms with Crippen molar-refractivity contribution in [3.05, 3.63) is 50.0 Å². The summed E-state index contributed by atoms with van der Waals surface area (Å²) in [6.45, 7) is 2.08. The Bertz CT molecular complexity index is 734. The standard InChI is InChI=1S/C14H10BrIN2/c1-8-3-2-4-12-13(8)18-14(17-12)10-7-9(15)5-6-11(10)16/h2-7H,1H3,(H,17,18). The Labute approximate surface area is 127 Å². The fraction of sp³-hybridized carbons (Fsp3) is 0.0714. The molecule has 0 saturated carbocycles. The van der Waals surface area contributed by atoms with Crippen molar-refractivity contribution in [1.82, 2.24) is 9.97 Å². The van der Waals surface area contributed by atoms with Crippen LogP contribution in [0.25, 0.3) is 22.4 Å². The molecule has 0 aliphatic heterocycles. The van der Waals surface area contributed by atoms with Crippen LogP contribution in [0.3, 0.4) is 0 Å². The largest absolute Gasteiger partial charge is 0.338 e. The van der Waals surface area contributed by atoms with Gasteiger partial charge >= 0.3 is 0 Å². The highest BCUT2D eigenvalue weighted by molar-refractivity contribution is 14.1. The number of imidazole rings is 1. The number of hydrogen-bond donors (Lipinski definition) is 1. The molecule has 0 aliphatic rings. The van der Waals surface area contributed by atoms with Crippen LogP contribution in [0.15, 0.2) is 40.9 Å². The van der Waals surface area contributed by atoms with Gasteiger partial charge < -0.3 is 4.98 Å². The first kappa shape index (κ1) is 12.2. The van der Waals surface area contributed by atoms with E-state index in [4.69, 9.17) is 4.98 Å². The molecular formula is C14H10BrIN2. The molecule has 3 aromatic rings. The van der Waals surface area contributed by atoms with Gasteiger partial charge in [-0.1, -0.05) is 28.1 Å². The zero-order chi connectivity index (χ0) is 12.7. The average Bonchev–Trinajstić information content (AvgIpc) is 2.77. The van der Waals surface area contributed by atoms with Crippen LogP contribution in [0.1, 0.15) is 5.56 Å². The quantitative estimate of drug-likeness (QED) is 0.565. The molecule has 0 fully saturated rings. The van der Waals surface area contributed by atoms with E-state index in [0.29, 0.717) is 0 Å². The summed E-state index contributed by atoms with van der Waals surface area (Å²) in [5, 5.41) is 0. The molecule has 3 rings (SSSR count). The van der Waals surface area contributed by atoms with Crippen molar-refractivity contribution >= 4 is 49.6 Å². The van der Waals surface area contributed by atoms with E-state index in [2.05, 4.69) is 74.7 Å². The number of nitrogens with one attached hydrogen (secondary N) is 1. The molecule has 0 atom stereocenters. The number of hydrogen-bond acceptors (Lipinski definition) is 1. The van der Waals surface area contributed by atoms with Gasteiger partial charge in [0.05, 0.1) is 11.0 Å². The molecule has 0 aliphatic carbocycles. The minimum absolute atomic E-state index is 0.921. The molecule has 90 valence electrons. The normalized spacial score (nSPS) is 11.1. The van der Waals surface area contributed by atoms with Crippen LogP contribution >= 0.6 is 38.5 Å². The molecule has 0 unspecified atom stereocenters. The van der Waals surface area contributed by atoms with Crippen LogP contribution in [-0.4, -0.2) is 9.97 Å². The van der Waals surface area contributed by atoms with Gasteiger partial charge in [0.25, 0.3) is 0 Å². The summed E-state index contributed by atoms with van der Waals surface area (Å²) >= 11 is 5.84. The summed E-state index contributed by atoms with van der Waals surface area (Å²) < 4.78 is 2.25. The Morgan fingerprint density at radius 3 is 2.83 bits per heavy atom. The predicted molar refractivity (Wildman–Crippen MR) is 86.7 cm³/mol. The van der Waals surface area contributed by atoms with Gasteiger partial charge in [-0.15, -0.1) is 0 Å². The minimum Gasteiger partial charge on any atom is -0.338 e. The van der Waals surface area contributed by atoms with Crippen LogP contribution in [0.4, 0.5) is 0 Å². The maximum Gasteiger partial charge on any atom is 0.139 e. The molecule has 0 bridgehead atoms. The van der Waals surface area contributed by atoms with Gasteiger partial charge in [0.15, 0.2) is 0 Å². The third kappa shape index (κ3) is 2.07. The molecule has 0 radical (unpaired) electrons. The molecule has 1 aromatic heterocycles. The van der Waals surface area contributed by atoms with Crippen molar-refractivity contribution in [3.63, 3.8) is 0 Å². The second-order valence-electron chi connectivity index (χ2n) is 4.18. The molecule has 18 heavy (non-hydrogen) atoms. The zero-order valence-corrected chi connectivity index (χ0v) is 13.4. The van der Waals surface area contributed by atoms with Crippen molar-refractivity contribution in [3.8, 4) is 11.4 Å². The third-order valence-corrected chi connectivity index (χ3v) is 4.33. The topological polar surface area (TPSA) is 28.7 Å². The van der Waals surface area contributed by atoms with E-state index < -0.39 is 0 Å². The molecule has 0 saturated heterocycles. The van der Waals surface area contributed by atoms with Gasteiger partial charge in [0, 0.05) is 13.6 Å². The molecule has 0 amide bonds. The summed E-state index contributed by atoms with van der Waals surface area (Å²) in [4.78, 5) is 8.09. The van der Waals surface area contributed by atoms with Crippen LogP contribution in [0, 0.1) is 10.5 Å². The lowest BCUT2D eigenvalue weighted by molar-refractivity contribution is 1.32. The number of H-pyrrole nitrogens is 1. The van der Waals surface area contributed by atoms with E-state index >= 15 is 0 Å². The van der Waals surface area contributed by atoms with Gasteiger partial charge in [-0.25, -0.2) is 4.98 Å². The van der Waals surface area contributed by atoms with Crippen molar-refractivity contribution in [1.29, 1.82) is 0 Å². The first-order valence-corrected chi connectivity index (χ1v) is 7.43. The van der Waals surface area contributed by atoms with Crippen molar-refractivity contribution in [2.24, 2.45) is 0 Å². The number of aromatic nitrogens is 2. The number of nitrogens with zero attached hydrogens (tertiary/aromatic N) is 1. The van der Waals surface area contributed by atoms with E-state index in [0.717, 1.165) is 26.9 Å². The average molecular weight is 413 g/mol. The minimum atomic E-state index is 0.921. The molecule has 2 nitrogen and oxygen atoms in total. The van der Waals surface area contributed by atoms with Gasteiger partial charge in [-0.3, -0.25) is 0 Å². The second kappa shape index (κ2) is 4.66. The summed E-state index contributed by atoms with van der Waals surface area (Å²) in [6, 6.07) is 12.4. The molecule has 0 spiro atoms. The van der Waals surface area contributed by atoms with Crippen LogP contribution in [-0.2, 0) is 0 Å². The summed E-state index contributed by atoms with van der Waals surface area (Å²) in [7, 11) is 0. The highest BCUT2D eigenvalue weighted by atomic mass is 127. The lowest BCUT2D eigenvalue weighted by atomic mass is 10.2. The van der Waals surface area contributed by atoms with Crippen LogP contribution < -0.4 is 0 Å². The molecule has 2 aromatic carbocycles. The Balaban J connectivity index is 2.26. The fourth-order valence-corrected chi connectivity index (χ4v) is 2.93. The Hall–Kier alpha value is -0.880. The van der Waals surface area contributed by atoms with Gasteiger partial charge in [-0.05, 0) is 59.3 Å². The van der Waals surface area contributed by atoms with Gasteiger partial charge in [0.1, 0.15) is 5.82 Å². The molecule has 4 heteroatoms. The summed E-state index contributed by atoms with van der Waals surface area (Å²) in [5.41, 5.74) is 4.45. The highest BCUT2D eigenvalue weighted by Crippen LogP contribution is 2.28. The lowest BCUT2D eigenvalue weighted by Gasteiger charge is -2.01.